The van der Waals surface area contributed by atoms with E-state index >= 15 is 0 Å². The van der Waals surface area contributed by atoms with Crippen molar-refractivity contribution in [1.29, 1.82) is 0 Å². The predicted molar refractivity (Wildman–Crippen MR) is 127 cm³/mol. The average Bonchev–Trinajstić information content (AvgIpc) is 2.76. The zero-order valence-corrected chi connectivity index (χ0v) is 19.9. The Kier molecular flexibility index (Phi) is 8.03. The van der Waals surface area contributed by atoms with E-state index in [1.54, 1.807) is 30.3 Å². The van der Waals surface area contributed by atoms with Crippen LogP contribution in [0.25, 0.3) is 0 Å². The normalized spacial score (nSPS) is 12.2. The number of carbonyl (C=O) groups is 1. The SMILES string of the molecule is COc1ccc(Cl)cc1S(=O)(=O)NC(Cc1ccccc1)C(=O)Nc1cc(Cl)ccc1Cl. The number of ether oxygens (including phenoxy) is 1. The number of benzene rings is 3. The molecule has 1 amide bonds. The van der Waals surface area contributed by atoms with Crippen LogP contribution in [0.3, 0.4) is 0 Å². The Morgan fingerprint density at radius 2 is 1.62 bits per heavy atom. The number of carbonyl (C=O) groups excluding carboxylic acids is 1. The lowest BCUT2D eigenvalue weighted by Gasteiger charge is -2.20. The number of halogens is 3. The Balaban J connectivity index is 1.95. The first-order chi connectivity index (χ1) is 15.2. The van der Waals surface area contributed by atoms with Crippen LogP contribution in [0.4, 0.5) is 5.69 Å². The summed E-state index contributed by atoms with van der Waals surface area (Å²) in [5.74, 6) is -0.513. The molecule has 0 saturated carbocycles. The minimum Gasteiger partial charge on any atom is -0.495 e. The van der Waals surface area contributed by atoms with E-state index in [1.165, 1.54) is 37.4 Å². The van der Waals surface area contributed by atoms with E-state index in [-0.39, 0.29) is 32.8 Å². The van der Waals surface area contributed by atoms with Crippen LogP contribution in [0.15, 0.2) is 71.6 Å². The average molecular weight is 514 g/mol. The lowest BCUT2D eigenvalue weighted by molar-refractivity contribution is -0.117. The molecular weight excluding hydrogens is 495 g/mol. The highest BCUT2D eigenvalue weighted by Gasteiger charge is 2.29. The lowest BCUT2D eigenvalue weighted by Crippen LogP contribution is -2.45. The molecule has 0 bridgehead atoms. The van der Waals surface area contributed by atoms with Crippen molar-refractivity contribution in [1.82, 2.24) is 4.72 Å². The smallest absolute Gasteiger partial charge is 0.245 e. The van der Waals surface area contributed by atoms with E-state index in [4.69, 9.17) is 39.5 Å². The molecule has 0 saturated heterocycles. The number of hydrogen-bond donors (Lipinski definition) is 2. The van der Waals surface area contributed by atoms with Gasteiger partial charge in [0.25, 0.3) is 0 Å². The molecule has 3 aromatic rings. The van der Waals surface area contributed by atoms with Gasteiger partial charge in [0.15, 0.2) is 0 Å². The maximum absolute atomic E-state index is 13.2. The molecule has 0 fully saturated rings. The number of methoxy groups -OCH3 is 1. The van der Waals surface area contributed by atoms with E-state index in [0.29, 0.717) is 5.02 Å². The minimum absolute atomic E-state index is 0.0902. The Labute approximate surface area is 201 Å². The van der Waals surface area contributed by atoms with Gasteiger partial charge in [-0.05, 0) is 48.4 Å². The molecule has 0 aromatic heterocycles. The summed E-state index contributed by atoms with van der Waals surface area (Å²) in [6, 6.07) is 16.6. The lowest BCUT2D eigenvalue weighted by atomic mass is 10.1. The van der Waals surface area contributed by atoms with Crippen molar-refractivity contribution in [2.75, 3.05) is 12.4 Å². The van der Waals surface area contributed by atoms with Gasteiger partial charge in [-0.3, -0.25) is 4.79 Å². The van der Waals surface area contributed by atoms with Gasteiger partial charge < -0.3 is 10.1 Å². The molecule has 0 spiro atoms. The molecule has 6 nitrogen and oxygen atoms in total. The van der Waals surface area contributed by atoms with Crippen LogP contribution in [0, 0.1) is 0 Å². The van der Waals surface area contributed by atoms with Crippen molar-refractivity contribution < 1.29 is 17.9 Å². The Hall–Kier alpha value is -2.29. The first-order valence-electron chi connectivity index (χ1n) is 9.35. The first kappa shape index (κ1) is 24.4. The highest BCUT2D eigenvalue weighted by atomic mass is 35.5. The molecule has 1 unspecified atom stereocenters. The summed E-state index contributed by atoms with van der Waals surface area (Å²) in [6.45, 7) is 0. The predicted octanol–water partition coefficient (Wildman–Crippen LogP) is 5.18. The summed E-state index contributed by atoms with van der Waals surface area (Å²) >= 11 is 18.1. The molecule has 168 valence electrons. The molecule has 10 heteroatoms. The Morgan fingerprint density at radius 1 is 0.969 bits per heavy atom. The zero-order chi connectivity index (χ0) is 23.3. The molecule has 32 heavy (non-hydrogen) atoms. The fourth-order valence-corrected chi connectivity index (χ4v) is 4.93. The van der Waals surface area contributed by atoms with Gasteiger partial charge in [-0.2, -0.15) is 4.72 Å². The summed E-state index contributed by atoms with van der Waals surface area (Å²) in [5, 5.41) is 3.49. The van der Waals surface area contributed by atoms with Crippen molar-refractivity contribution in [3.05, 3.63) is 87.4 Å². The highest BCUT2D eigenvalue weighted by Crippen LogP contribution is 2.28. The number of nitrogens with one attached hydrogen (secondary N) is 2. The van der Waals surface area contributed by atoms with E-state index in [2.05, 4.69) is 10.0 Å². The molecule has 0 aliphatic rings. The van der Waals surface area contributed by atoms with Crippen molar-refractivity contribution in [2.45, 2.75) is 17.4 Å². The third kappa shape index (κ3) is 6.15. The third-order valence-corrected chi connectivity index (χ3v) is 6.79. The maximum Gasteiger partial charge on any atom is 0.245 e. The zero-order valence-electron chi connectivity index (χ0n) is 16.8. The van der Waals surface area contributed by atoms with Gasteiger partial charge in [-0.1, -0.05) is 65.1 Å². The third-order valence-electron chi connectivity index (χ3n) is 4.50. The molecule has 3 rings (SSSR count). The second-order valence-corrected chi connectivity index (χ2v) is 9.73. The Bertz CT molecular complexity index is 1220. The van der Waals surface area contributed by atoms with Crippen LogP contribution in [0.5, 0.6) is 5.75 Å². The summed E-state index contributed by atoms with van der Waals surface area (Å²) in [5.41, 5.74) is 1.02. The summed E-state index contributed by atoms with van der Waals surface area (Å²) in [6.07, 6.45) is 0.0902. The molecule has 0 radical (unpaired) electrons. The van der Waals surface area contributed by atoms with Crippen LogP contribution in [-0.2, 0) is 21.2 Å². The number of amides is 1. The van der Waals surface area contributed by atoms with E-state index < -0.39 is 22.0 Å². The standard InChI is InChI=1S/C22H19Cl3N2O4S/c1-31-20-10-8-16(24)13-21(20)32(29,30)27-19(11-14-5-3-2-4-6-14)22(28)26-18-12-15(23)7-9-17(18)25/h2-10,12-13,19,27H,11H2,1H3,(H,26,28). The van der Waals surface area contributed by atoms with Gasteiger partial charge in [0.1, 0.15) is 16.7 Å². The van der Waals surface area contributed by atoms with Crippen molar-refractivity contribution in [3.63, 3.8) is 0 Å². The molecule has 0 aliphatic carbocycles. The summed E-state index contributed by atoms with van der Waals surface area (Å²) < 4.78 is 34.0. The fraction of sp³-hybridized carbons (Fsp3) is 0.136. The number of rotatable bonds is 8. The molecule has 0 heterocycles. The van der Waals surface area contributed by atoms with Crippen molar-refractivity contribution in [2.24, 2.45) is 0 Å². The summed E-state index contributed by atoms with van der Waals surface area (Å²) in [7, 11) is -2.83. The molecule has 1 atom stereocenters. The summed E-state index contributed by atoms with van der Waals surface area (Å²) in [4.78, 5) is 12.9. The van der Waals surface area contributed by atoms with Crippen LogP contribution < -0.4 is 14.8 Å². The fourth-order valence-electron chi connectivity index (χ4n) is 2.96. The van der Waals surface area contributed by atoms with Gasteiger partial charge in [0, 0.05) is 10.0 Å². The minimum atomic E-state index is -4.18. The van der Waals surface area contributed by atoms with E-state index in [0.717, 1.165) is 5.56 Å². The highest BCUT2D eigenvalue weighted by molar-refractivity contribution is 7.89. The molecule has 3 aromatic carbocycles. The Morgan fingerprint density at radius 3 is 2.31 bits per heavy atom. The van der Waals surface area contributed by atoms with Gasteiger partial charge in [0.05, 0.1) is 17.8 Å². The number of anilines is 1. The van der Waals surface area contributed by atoms with Crippen LogP contribution in [0.2, 0.25) is 15.1 Å². The van der Waals surface area contributed by atoms with Gasteiger partial charge in [-0.25, -0.2) is 8.42 Å². The number of hydrogen-bond acceptors (Lipinski definition) is 4. The van der Waals surface area contributed by atoms with E-state index in [1.807, 2.05) is 6.07 Å². The van der Waals surface area contributed by atoms with Crippen molar-refractivity contribution >= 4 is 56.4 Å². The van der Waals surface area contributed by atoms with Crippen molar-refractivity contribution in [3.8, 4) is 5.75 Å². The van der Waals surface area contributed by atoms with Crippen LogP contribution in [0.1, 0.15) is 5.56 Å². The maximum atomic E-state index is 13.2. The molecule has 0 aliphatic heterocycles. The molecular formula is C22H19Cl3N2O4S. The van der Waals surface area contributed by atoms with E-state index in [9.17, 15) is 13.2 Å². The second kappa shape index (κ2) is 10.6. The van der Waals surface area contributed by atoms with Gasteiger partial charge in [0.2, 0.25) is 15.9 Å². The largest absolute Gasteiger partial charge is 0.495 e. The first-order valence-corrected chi connectivity index (χ1v) is 12.0. The van der Waals surface area contributed by atoms with Crippen LogP contribution in [-0.4, -0.2) is 27.5 Å². The quantitative estimate of drug-likeness (QED) is 0.434. The van der Waals surface area contributed by atoms with Crippen LogP contribution >= 0.6 is 34.8 Å². The second-order valence-electron chi connectivity index (χ2n) is 6.77. The number of sulfonamides is 1. The molecule has 2 N–H and O–H groups in total. The topological polar surface area (TPSA) is 84.5 Å². The monoisotopic (exact) mass is 512 g/mol. The van der Waals surface area contributed by atoms with Gasteiger partial charge >= 0.3 is 0 Å². The van der Waals surface area contributed by atoms with Gasteiger partial charge in [-0.15, -0.1) is 0 Å².